The van der Waals surface area contributed by atoms with Gasteiger partial charge in [-0.3, -0.25) is 4.79 Å². The van der Waals surface area contributed by atoms with Crippen LogP contribution in [-0.4, -0.2) is 37.3 Å². The third-order valence-electron chi connectivity index (χ3n) is 3.91. The van der Waals surface area contributed by atoms with Crippen LogP contribution in [0.4, 0.5) is 0 Å². The zero-order valence-electron chi connectivity index (χ0n) is 13.3. The van der Waals surface area contributed by atoms with E-state index in [0.29, 0.717) is 6.54 Å². The molecule has 0 saturated carbocycles. The lowest BCUT2D eigenvalue weighted by Crippen LogP contribution is -2.39. The Labute approximate surface area is 132 Å². The average Bonchev–Trinajstić information content (AvgIpc) is 2.97. The molecule has 6 heteroatoms. The number of carbonyl (C=O) groups is 1. The third kappa shape index (κ3) is 4.60. The summed E-state index contributed by atoms with van der Waals surface area (Å²) in [5, 5.41) is 0. The van der Waals surface area contributed by atoms with Crippen LogP contribution >= 0.6 is 0 Å². The largest absolute Gasteiger partial charge is 0.467 e. The molecule has 2 heterocycles. The highest BCUT2D eigenvalue weighted by Crippen LogP contribution is 2.31. The van der Waals surface area contributed by atoms with Crippen LogP contribution in [0.2, 0.25) is 0 Å². The molecule has 0 bridgehead atoms. The van der Waals surface area contributed by atoms with Crippen molar-refractivity contribution >= 4 is 15.7 Å². The topological polar surface area (TPSA) is 67.6 Å². The summed E-state index contributed by atoms with van der Waals surface area (Å²) in [6.45, 7) is 4.42. The summed E-state index contributed by atoms with van der Waals surface area (Å²) in [5.74, 6) is 0.866. The molecule has 2 rings (SSSR count). The number of nitrogens with zero attached hydrogens (tertiary/aromatic N) is 1. The second-order valence-corrected chi connectivity index (χ2v) is 8.60. The van der Waals surface area contributed by atoms with E-state index in [9.17, 15) is 13.2 Å². The highest BCUT2D eigenvalue weighted by Gasteiger charge is 2.30. The molecule has 124 valence electrons. The van der Waals surface area contributed by atoms with Gasteiger partial charge in [0.05, 0.1) is 23.8 Å². The van der Waals surface area contributed by atoms with Gasteiger partial charge in [0.25, 0.3) is 0 Å². The van der Waals surface area contributed by atoms with Crippen molar-refractivity contribution in [3.8, 4) is 0 Å². The van der Waals surface area contributed by atoms with Gasteiger partial charge in [-0.15, -0.1) is 0 Å². The first-order chi connectivity index (χ1) is 10.4. The number of carbonyl (C=O) groups excluding carboxylic acids is 1. The minimum Gasteiger partial charge on any atom is -0.467 e. The maximum Gasteiger partial charge on any atom is 0.224 e. The molecule has 0 aliphatic carbocycles. The number of sulfone groups is 1. The third-order valence-corrected chi connectivity index (χ3v) is 5.91. The van der Waals surface area contributed by atoms with Crippen LogP contribution in [-0.2, 0) is 14.6 Å². The van der Waals surface area contributed by atoms with Crippen LogP contribution in [0.3, 0.4) is 0 Å². The molecule has 22 heavy (non-hydrogen) atoms. The molecule has 0 N–H and O–H groups in total. The summed E-state index contributed by atoms with van der Waals surface area (Å²) in [6.07, 6.45) is 4.56. The molecule has 5 nitrogen and oxygen atoms in total. The molecule has 1 aliphatic heterocycles. The van der Waals surface area contributed by atoms with Crippen molar-refractivity contribution in [1.29, 1.82) is 0 Å². The van der Waals surface area contributed by atoms with E-state index in [0.717, 1.165) is 25.0 Å². The molecule has 1 aromatic heterocycles. The van der Waals surface area contributed by atoms with E-state index in [1.165, 1.54) is 0 Å². The van der Waals surface area contributed by atoms with Crippen LogP contribution in [0.25, 0.3) is 0 Å². The predicted octanol–water partition coefficient (Wildman–Crippen LogP) is 2.79. The minimum atomic E-state index is -3.16. The second-order valence-electron chi connectivity index (χ2n) is 6.37. The Hall–Kier alpha value is -1.30. The Morgan fingerprint density at radius 3 is 2.82 bits per heavy atom. The normalized spacial score (nSPS) is 19.6. The van der Waals surface area contributed by atoms with E-state index >= 15 is 0 Å². The Kier molecular flexibility index (Phi) is 5.67. The van der Waals surface area contributed by atoms with Gasteiger partial charge in [0, 0.05) is 13.0 Å². The zero-order chi connectivity index (χ0) is 16.2. The molecule has 1 amide bonds. The van der Waals surface area contributed by atoms with Gasteiger partial charge in [-0.2, -0.15) is 0 Å². The summed E-state index contributed by atoms with van der Waals surface area (Å²) in [6, 6.07) is 3.65. The molecule has 0 spiro atoms. The van der Waals surface area contributed by atoms with Crippen molar-refractivity contribution in [3.05, 3.63) is 24.2 Å². The number of hydrogen-bond donors (Lipinski definition) is 0. The lowest BCUT2D eigenvalue weighted by molar-refractivity contribution is -0.135. The van der Waals surface area contributed by atoms with E-state index in [1.807, 2.05) is 26.0 Å². The fourth-order valence-electron chi connectivity index (χ4n) is 2.98. The number of furan rings is 1. The highest BCUT2D eigenvalue weighted by atomic mass is 32.2. The molecular weight excluding hydrogens is 302 g/mol. The van der Waals surface area contributed by atoms with Crippen molar-refractivity contribution in [1.82, 2.24) is 4.90 Å². The van der Waals surface area contributed by atoms with Gasteiger partial charge in [0.1, 0.15) is 5.76 Å². The fraction of sp³-hybridized carbons (Fsp3) is 0.688. The summed E-state index contributed by atoms with van der Waals surface area (Å²) < 4.78 is 29.3. The molecule has 0 radical (unpaired) electrons. The van der Waals surface area contributed by atoms with Gasteiger partial charge >= 0.3 is 0 Å². The summed E-state index contributed by atoms with van der Waals surface area (Å²) >= 11 is 0. The lowest BCUT2D eigenvalue weighted by Gasteiger charge is -2.34. The maximum atomic E-state index is 12.5. The lowest BCUT2D eigenvalue weighted by atomic mass is 9.99. The van der Waals surface area contributed by atoms with Crippen LogP contribution in [0, 0.1) is 5.92 Å². The molecule has 1 unspecified atom stereocenters. The van der Waals surface area contributed by atoms with E-state index in [-0.39, 0.29) is 35.8 Å². The van der Waals surface area contributed by atoms with Crippen molar-refractivity contribution in [2.75, 3.05) is 18.1 Å². The van der Waals surface area contributed by atoms with Crippen molar-refractivity contribution in [2.45, 2.75) is 45.6 Å². The van der Waals surface area contributed by atoms with Gasteiger partial charge in [0.2, 0.25) is 5.91 Å². The first kappa shape index (κ1) is 17.1. The van der Waals surface area contributed by atoms with Crippen molar-refractivity contribution in [2.24, 2.45) is 5.92 Å². The number of piperidine rings is 1. The van der Waals surface area contributed by atoms with Gasteiger partial charge in [-0.25, -0.2) is 8.42 Å². The molecule has 1 aromatic rings. The van der Waals surface area contributed by atoms with E-state index in [1.54, 1.807) is 11.2 Å². The highest BCUT2D eigenvalue weighted by molar-refractivity contribution is 7.91. The smallest absolute Gasteiger partial charge is 0.224 e. The SMILES string of the molecule is CC(C)CS(=O)(=O)CCC(=O)N1CCCCC1c1ccco1. The predicted molar refractivity (Wildman–Crippen MR) is 85.1 cm³/mol. The maximum absolute atomic E-state index is 12.5. The first-order valence-electron chi connectivity index (χ1n) is 7.92. The molecule has 1 atom stereocenters. The first-order valence-corrected chi connectivity index (χ1v) is 9.74. The minimum absolute atomic E-state index is 0.0518. The van der Waals surface area contributed by atoms with E-state index in [4.69, 9.17) is 4.42 Å². The van der Waals surface area contributed by atoms with Gasteiger partial charge in [-0.05, 0) is 37.3 Å². The van der Waals surface area contributed by atoms with Gasteiger partial charge < -0.3 is 9.32 Å². The monoisotopic (exact) mass is 327 g/mol. The molecule has 0 aromatic carbocycles. The molecular formula is C16H25NO4S. The van der Waals surface area contributed by atoms with Gasteiger partial charge in [-0.1, -0.05) is 13.8 Å². The van der Waals surface area contributed by atoms with Crippen LogP contribution in [0.15, 0.2) is 22.8 Å². The molecule has 1 saturated heterocycles. The van der Waals surface area contributed by atoms with Gasteiger partial charge in [0.15, 0.2) is 9.84 Å². The second kappa shape index (κ2) is 7.31. The Balaban J connectivity index is 1.98. The van der Waals surface area contributed by atoms with Crippen LogP contribution < -0.4 is 0 Å². The quantitative estimate of drug-likeness (QED) is 0.806. The Morgan fingerprint density at radius 2 is 2.18 bits per heavy atom. The summed E-state index contributed by atoms with van der Waals surface area (Å²) in [4.78, 5) is 14.2. The van der Waals surface area contributed by atoms with E-state index in [2.05, 4.69) is 0 Å². The Bertz CT molecular complexity index is 577. The van der Waals surface area contributed by atoms with E-state index < -0.39 is 9.84 Å². The summed E-state index contributed by atoms with van der Waals surface area (Å²) in [7, 11) is -3.16. The van der Waals surface area contributed by atoms with Crippen molar-refractivity contribution in [3.63, 3.8) is 0 Å². The molecule has 1 fully saturated rings. The fourth-order valence-corrected chi connectivity index (χ4v) is 4.65. The average molecular weight is 327 g/mol. The standard InChI is InChI=1S/C16H25NO4S/c1-13(2)12-22(19,20)11-8-16(18)17-9-4-3-6-14(17)15-7-5-10-21-15/h5,7,10,13-14H,3-4,6,8-9,11-12H2,1-2H3. The van der Waals surface area contributed by atoms with Crippen LogP contribution in [0.5, 0.6) is 0 Å². The molecule has 1 aliphatic rings. The Morgan fingerprint density at radius 1 is 1.41 bits per heavy atom. The number of rotatable bonds is 6. The number of hydrogen-bond acceptors (Lipinski definition) is 4. The summed E-state index contributed by atoms with van der Waals surface area (Å²) in [5.41, 5.74) is 0. The number of amides is 1. The van der Waals surface area contributed by atoms with Crippen molar-refractivity contribution < 1.29 is 17.6 Å². The van der Waals surface area contributed by atoms with Crippen LogP contribution in [0.1, 0.15) is 51.3 Å². The zero-order valence-corrected chi connectivity index (χ0v) is 14.1. The number of likely N-dealkylation sites (tertiary alicyclic amines) is 1.